The Kier molecular flexibility index (Phi) is 6.29. The average Bonchev–Trinajstić information content (AvgIpc) is 2.73. The quantitative estimate of drug-likeness (QED) is 0.269. The van der Waals surface area contributed by atoms with Gasteiger partial charge in [-0.15, -0.1) is 0 Å². The lowest BCUT2D eigenvalue weighted by molar-refractivity contribution is 0.143. The molecule has 0 saturated carbocycles. The monoisotopic (exact) mass is 438 g/mol. The molecule has 3 rings (SSSR count). The molecule has 0 atom stereocenters. The fourth-order valence-corrected chi connectivity index (χ4v) is 3.37. The van der Waals surface area contributed by atoms with Crippen LogP contribution in [-0.2, 0) is 5.41 Å². The zero-order chi connectivity index (χ0) is 23.3. The first-order chi connectivity index (χ1) is 15.2. The highest BCUT2D eigenvalue weighted by atomic mass is 16.7. The van der Waals surface area contributed by atoms with Crippen molar-refractivity contribution in [3.63, 3.8) is 0 Å². The summed E-state index contributed by atoms with van der Waals surface area (Å²) in [6.45, 7) is 1.92. The molecule has 3 aromatic carbocycles. The molecule has 0 spiro atoms. The van der Waals surface area contributed by atoms with Crippen molar-refractivity contribution in [1.29, 1.82) is 0 Å². The topological polar surface area (TPSA) is 140 Å². The van der Waals surface area contributed by atoms with E-state index >= 15 is 0 Å². The van der Waals surface area contributed by atoms with Gasteiger partial charge >= 0.3 is 18.5 Å². The molecule has 32 heavy (non-hydrogen) atoms. The Morgan fingerprint density at radius 1 is 0.531 bits per heavy atom. The van der Waals surface area contributed by atoms with Crippen LogP contribution in [0.2, 0.25) is 0 Å². The van der Waals surface area contributed by atoms with Crippen molar-refractivity contribution in [2.24, 2.45) is 0 Å². The van der Waals surface area contributed by atoms with Crippen LogP contribution in [0.5, 0.6) is 17.2 Å². The lowest BCUT2D eigenvalue weighted by Crippen LogP contribution is -2.25. The van der Waals surface area contributed by atoms with Crippen LogP contribution >= 0.6 is 0 Å². The van der Waals surface area contributed by atoms with Crippen molar-refractivity contribution >= 4 is 18.5 Å². The molecule has 0 unspecified atom stereocenters. The molecule has 0 radical (unpaired) electrons. The zero-order valence-electron chi connectivity index (χ0n) is 16.7. The van der Waals surface area contributed by atoms with Gasteiger partial charge in [0, 0.05) is 5.41 Å². The molecule has 9 nitrogen and oxygen atoms in total. The second-order valence-electron chi connectivity index (χ2n) is 6.80. The highest BCUT2D eigenvalue weighted by molar-refractivity contribution is 5.63. The van der Waals surface area contributed by atoms with Gasteiger partial charge < -0.3 is 29.5 Å². The van der Waals surface area contributed by atoms with Gasteiger partial charge in [0.25, 0.3) is 0 Å². The third kappa shape index (κ3) is 4.96. The molecule has 0 amide bonds. The molecule has 0 aromatic heterocycles. The van der Waals surface area contributed by atoms with Crippen molar-refractivity contribution in [3.8, 4) is 17.2 Å². The number of hydrogen-bond donors (Lipinski definition) is 3. The fraction of sp³-hybridized carbons (Fsp3) is 0.0870. The third-order valence-electron chi connectivity index (χ3n) is 4.91. The molecule has 3 aromatic rings. The smallest absolute Gasteiger partial charge is 0.449 e. The van der Waals surface area contributed by atoms with E-state index in [1.807, 2.05) is 6.92 Å². The standard InChI is InChI=1S/C23H18O9/c1-23(14-2-8-17(9-3-14)30-20(24)25,15-4-10-18(11-5-15)31-21(26)27)16-6-12-19(13-7-16)32-22(28)29/h2-13H,1H3,(H,24,25)(H,26,27)(H,28,29). The number of rotatable bonds is 6. The highest BCUT2D eigenvalue weighted by Gasteiger charge is 2.31. The Morgan fingerprint density at radius 3 is 0.938 bits per heavy atom. The van der Waals surface area contributed by atoms with Crippen LogP contribution in [0.15, 0.2) is 72.8 Å². The third-order valence-corrected chi connectivity index (χ3v) is 4.91. The van der Waals surface area contributed by atoms with Crippen LogP contribution in [0.3, 0.4) is 0 Å². The van der Waals surface area contributed by atoms with E-state index in [1.54, 1.807) is 36.4 Å². The van der Waals surface area contributed by atoms with Crippen LogP contribution in [0, 0.1) is 0 Å². The van der Waals surface area contributed by atoms with E-state index in [0.29, 0.717) is 0 Å². The number of ether oxygens (including phenoxy) is 3. The van der Waals surface area contributed by atoms with Crippen LogP contribution in [0.4, 0.5) is 14.4 Å². The highest BCUT2D eigenvalue weighted by Crippen LogP contribution is 2.40. The molecular formula is C23H18O9. The van der Waals surface area contributed by atoms with Gasteiger partial charge in [0.15, 0.2) is 0 Å². The summed E-state index contributed by atoms with van der Waals surface area (Å²) in [7, 11) is 0. The van der Waals surface area contributed by atoms with Crippen molar-refractivity contribution in [1.82, 2.24) is 0 Å². The Labute approximate surface area is 182 Å². The van der Waals surface area contributed by atoms with Gasteiger partial charge in [-0.2, -0.15) is 0 Å². The van der Waals surface area contributed by atoms with Crippen LogP contribution in [0.25, 0.3) is 0 Å². The summed E-state index contributed by atoms with van der Waals surface area (Å²) in [5.41, 5.74) is 1.53. The van der Waals surface area contributed by atoms with E-state index < -0.39 is 23.9 Å². The van der Waals surface area contributed by atoms with Crippen LogP contribution < -0.4 is 14.2 Å². The first-order valence-electron chi connectivity index (χ1n) is 9.22. The molecule has 0 bridgehead atoms. The molecule has 0 aliphatic rings. The summed E-state index contributed by atoms with van der Waals surface area (Å²) in [6, 6.07) is 19.4. The molecule has 164 valence electrons. The van der Waals surface area contributed by atoms with Gasteiger partial charge in [-0.1, -0.05) is 36.4 Å². The Balaban J connectivity index is 2.07. The summed E-state index contributed by atoms with van der Waals surface area (Å²) in [5, 5.41) is 26.4. The molecule has 0 saturated heterocycles. The summed E-state index contributed by atoms with van der Waals surface area (Å²) in [5.74, 6) is 0.456. The second kappa shape index (κ2) is 9.09. The van der Waals surface area contributed by atoms with Crippen LogP contribution in [-0.4, -0.2) is 33.8 Å². The van der Waals surface area contributed by atoms with Crippen LogP contribution in [0.1, 0.15) is 23.6 Å². The van der Waals surface area contributed by atoms with Crippen molar-refractivity contribution < 1.29 is 43.9 Å². The minimum atomic E-state index is -1.43. The van der Waals surface area contributed by atoms with E-state index in [4.69, 9.17) is 15.3 Å². The minimum Gasteiger partial charge on any atom is -0.449 e. The summed E-state index contributed by atoms with van der Waals surface area (Å²) < 4.78 is 14.0. The van der Waals surface area contributed by atoms with Gasteiger partial charge in [0.05, 0.1) is 0 Å². The molecule has 3 N–H and O–H groups in total. The molecule has 0 aliphatic heterocycles. The first-order valence-corrected chi connectivity index (χ1v) is 9.22. The predicted octanol–water partition coefficient (Wildman–Crippen LogP) is 5.21. The normalized spacial score (nSPS) is 10.8. The maximum absolute atomic E-state index is 10.8. The van der Waals surface area contributed by atoms with Crippen molar-refractivity contribution in [2.45, 2.75) is 12.3 Å². The number of carboxylic acid groups (broad SMARTS) is 3. The molecule has 0 fully saturated rings. The average molecular weight is 438 g/mol. The van der Waals surface area contributed by atoms with E-state index in [-0.39, 0.29) is 17.2 Å². The maximum atomic E-state index is 10.8. The van der Waals surface area contributed by atoms with Gasteiger partial charge in [0.2, 0.25) is 0 Å². The second-order valence-corrected chi connectivity index (χ2v) is 6.80. The van der Waals surface area contributed by atoms with E-state index in [2.05, 4.69) is 14.2 Å². The SMILES string of the molecule is CC(c1ccc(OC(=O)O)cc1)(c1ccc(OC(=O)O)cc1)c1ccc(OC(=O)O)cc1. The number of benzene rings is 3. The lowest BCUT2D eigenvalue weighted by Gasteiger charge is -2.32. The lowest BCUT2D eigenvalue weighted by atomic mass is 9.71. The summed E-state index contributed by atoms with van der Waals surface area (Å²) >= 11 is 0. The Hall–Kier alpha value is -4.53. The summed E-state index contributed by atoms with van der Waals surface area (Å²) in [6.07, 6.45) is -4.28. The Morgan fingerprint density at radius 2 is 0.750 bits per heavy atom. The predicted molar refractivity (Wildman–Crippen MR) is 111 cm³/mol. The minimum absolute atomic E-state index is 0.152. The van der Waals surface area contributed by atoms with E-state index in [0.717, 1.165) is 16.7 Å². The van der Waals surface area contributed by atoms with Crippen molar-refractivity contribution in [2.75, 3.05) is 0 Å². The number of carbonyl (C=O) groups is 3. The Bertz CT molecular complexity index is 973. The zero-order valence-corrected chi connectivity index (χ0v) is 16.7. The van der Waals surface area contributed by atoms with Gasteiger partial charge in [-0.3, -0.25) is 0 Å². The van der Waals surface area contributed by atoms with Gasteiger partial charge in [-0.05, 0) is 60.0 Å². The number of hydrogen-bond acceptors (Lipinski definition) is 6. The van der Waals surface area contributed by atoms with Gasteiger partial charge in [-0.25, -0.2) is 14.4 Å². The first kappa shape index (κ1) is 22.2. The fourth-order valence-electron chi connectivity index (χ4n) is 3.37. The van der Waals surface area contributed by atoms with E-state index in [1.165, 1.54) is 36.4 Å². The van der Waals surface area contributed by atoms with Gasteiger partial charge in [0.1, 0.15) is 17.2 Å². The van der Waals surface area contributed by atoms with E-state index in [9.17, 15) is 14.4 Å². The molecular weight excluding hydrogens is 420 g/mol. The molecule has 0 aliphatic carbocycles. The summed E-state index contributed by atoms with van der Waals surface area (Å²) in [4.78, 5) is 32.3. The largest absolute Gasteiger partial charge is 0.511 e. The maximum Gasteiger partial charge on any atom is 0.511 e. The molecule has 0 heterocycles. The van der Waals surface area contributed by atoms with Crippen molar-refractivity contribution in [3.05, 3.63) is 89.5 Å². The molecule has 9 heteroatoms.